The fourth-order valence-electron chi connectivity index (χ4n) is 4.63. The van der Waals surface area contributed by atoms with Gasteiger partial charge in [-0.05, 0) is 45.5 Å². The average Bonchev–Trinajstić information content (AvgIpc) is 3.43. The van der Waals surface area contributed by atoms with Crippen molar-refractivity contribution in [2.24, 2.45) is 0 Å². The molecule has 0 fully saturated rings. The molecule has 0 radical (unpaired) electrons. The summed E-state index contributed by atoms with van der Waals surface area (Å²) < 4.78 is 1.62. The van der Waals surface area contributed by atoms with Crippen LogP contribution in [-0.4, -0.2) is 55.5 Å². The van der Waals surface area contributed by atoms with Crippen LogP contribution in [-0.2, 0) is 43.9 Å². The van der Waals surface area contributed by atoms with Crippen molar-refractivity contribution in [2.45, 2.75) is 45.6 Å². The van der Waals surface area contributed by atoms with E-state index >= 15 is 0 Å². The second-order valence-corrected chi connectivity index (χ2v) is 8.66. The molecular weight excluding hydrogens is 402 g/mol. The van der Waals surface area contributed by atoms with E-state index in [2.05, 4.69) is 79.2 Å². The smallest absolute Gasteiger partial charge is 0.241 e. The Bertz CT molecular complexity index is 1050. The Balaban J connectivity index is 1.05. The number of aromatic nitrogens is 4. The first-order chi connectivity index (χ1) is 15.7. The molecule has 0 saturated heterocycles. The Morgan fingerprint density at radius 1 is 0.906 bits per heavy atom. The molecule has 0 aliphatic carbocycles. The predicted molar refractivity (Wildman–Crippen MR) is 120 cm³/mol. The molecule has 1 N–H and O–H groups in total. The van der Waals surface area contributed by atoms with Crippen LogP contribution in [0.5, 0.6) is 0 Å². The first kappa shape index (κ1) is 20.8. The third-order valence-corrected chi connectivity index (χ3v) is 6.35. The highest BCUT2D eigenvalue weighted by Crippen LogP contribution is 2.22. The van der Waals surface area contributed by atoms with Gasteiger partial charge in [-0.2, -0.15) is 0 Å². The normalized spacial score (nSPS) is 16.0. The molecule has 2 aliphatic rings. The van der Waals surface area contributed by atoms with Gasteiger partial charge in [-0.25, -0.2) is 4.68 Å². The third kappa shape index (κ3) is 4.87. The lowest BCUT2D eigenvalue weighted by Crippen LogP contribution is -2.33. The summed E-state index contributed by atoms with van der Waals surface area (Å²) in [6.07, 6.45) is 1.95. The van der Waals surface area contributed by atoms with Gasteiger partial charge in [0.15, 0.2) is 5.82 Å². The second kappa shape index (κ2) is 9.58. The molecule has 0 spiro atoms. The molecule has 2 aliphatic heterocycles. The molecule has 0 atom stereocenters. The van der Waals surface area contributed by atoms with E-state index in [1.807, 2.05) is 0 Å². The fourth-order valence-corrected chi connectivity index (χ4v) is 4.63. The molecule has 0 saturated carbocycles. The molecule has 0 bridgehead atoms. The maximum absolute atomic E-state index is 12.4. The van der Waals surface area contributed by atoms with E-state index in [0.717, 1.165) is 51.4 Å². The largest absolute Gasteiger partial charge is 0.354 e. The third-order valence-electron chi connectivity index (χ3n) is 6.35. The van der Waals surface area contributed by atoms with Gasteiger partial charge in [0.1, 0.15) is 6.54 Å². The Kier molecular flexibility index (Phi) is 6.22. The lowest BCUT2D eigenvalue weighted by molar-refractivity contribution is -0.121. The number of tetrazole rings is 1. The van der Waals surface area contributed by atoms with Crippen LogP contribution in [0, 0.1) is 0 Å². The topological polar surface area (TPSA) is 79.2 Å². The number of fused-ring (bicyclic) bond motifs is 2. The van der Waals surface area contributed by atoms with Crippen LogP contribution in [0.4, 0.5) is 0 Å². The minimum Gasteiger partial charge on any atom is -0.354 e. The van der Waals surface area contributed by atoms with Crippen LogP contribution in [0.2, 0.25) is 0 Å². The summed E-state index contributed by atoms with van der Waals surface area (Å²) in [5.41, 5.74) is 5.61. The zero-order valence-electron chi connectivity index (χ0n) is 18.3. The molecule has 1 amide bonds. The number of amides is 1. The highest BCUT2D eigenvalue weighted by Gasteiger charge is 2.20. The number of hydrogen-bond acceptors (Lipinski definition) is 6. The van der Waals surface area contributed by atoms with Crippen molar-refractivity contribution in [2.75, 3.05) is 19.6 Å². The van der Waals surface area contributed by atoms with E-state index in [1.54, 1.807) is 4.68 Å². The number of nitrogens with one attached hydrogen (secondary N) is 1. The van der Waals surface area contributed by atoms with Crippen molar-refractivity contribution in [1.29, 1.82) is 0 Å². The molecule has 3 heterocycles. The number of rotatable bonds is 8. The second-order valence-electron chi connectivity index (χ2n) is 8.66. The fraction of sp³-hybridized carbons (Fsp3) is 0.417. The Hall–Kier alpha value is -3.10. The van der Waals surface area contributed by atoms with Crippen molar-refractivity contribution >= 4 is 5.91 Å². The number of carbonyl (C=O) groups is 1. The minimum atomic E-state index is -0.0488. The van der Waals surface area contributed by atoms with Crippen LogP contribution in [0.25, 0.3) is 0 Å². The maximum Gasteiger partial charge on any atom is 0.241 e. The van der Waals surface area contributed by atoms with Gasteiger partial charge in [0.25, 0.3) is 0 Å². The van der Waals surface area contributed by atoms with E-state index in [9.17, 15) is 4.79 Å². The van der Waals surface area contributed by atoms with Gasteiger partial charge in [0.2, 0.25) is 5.91 Å². The molecular formula is C24H29N7O. The number of hydrogen-bond donors (Lipinski definition) is 1. The van der Waals surface area contributed by atoms with Gasteiger partial charge in [0, 0.05) is 39.3 Å². The van der Waals surface area contributed by atoms with Crippen LogP contribution in [0.3, 0.4) is 0 Å². The molecule has 1 aromatic heterocycles. The van der Waals surface area contributed by atoms with Crippen molar-refractivity contribution < 1.29 is 4.79 Å². The summed E-state index contributed by atoms with van der Waals surface area (Å²) in [5.74, 6) is 0.682. The van der Waals surface area contributed by atoms with E-state index in [0.29, 0.717) is 13.1 Å². The first-order valence-electron chi connectivity index (χ1n) is 11.3. The van der Waals surface area contributed by atoms with Crippen molar-refractivity contribution in [3.63, 3.8) is 0 Å². The molecule has 166 valence electrons. The Morgan fingerprint density at radius 2 is 1.56 bits per heavy atom. The van der Waals surface area contributed by atoms with Crippen molar-refractivity contribution in [3.05, 3.63) is 76.6 Å². The Labute approximate surface area is 188 Å². The lowest BCUT2D eigenvalue weighted by Gasteiger charge is -2.28. The molecule has 3 aromatic rings. The standard InChI is InChI=1S/C24H29N7O/c32-24(25-11-5-12-29-15-21-8-3-4-9-22(21)16-29)18-31-23(26-27-28-31)17-30-13-10-19-6-1-2-7-20(19)14-30/h1-4,6-9H,5,10-18H2,(H,25,32). The Morgan fingerprint density at radius 3 is 2.31 bits per heavy atom. The monoisotopic (exact) mass is 431 g/mol. The number of benzene rings is 2. The zero-order valence-corrected chi connectivity index (χ0v) is 18.3. The van der Waals surface area contributed by atoms with Crippen LogP contribution < -0.4 is 5.32 Å². The molecule has 32 heavy (non-hydrogen) atoms. The van der Waals surface area contributed by atoms with Gasteiger partial charge >= 0.3 is 0 Å². The summed E-state index contributed by atoms with van der Waals surface area (Å²) in [7, 11) is 0. The van der Waals surface area contributed by atoms with Gasteiger partial charge in [-0.3, -0.25) is 14.6 Å². The summed E-state index contributed by atoms with van der Waals surface area (Å²) in [5, 5.41) is 15.0. The summed E-state index contributed by atoms with van der Waals surface area (Å²) in [4.78, 5) is 17.2. The molecule has 5 rings (SSSR count). The SMILES string of the molecule is O=C(Cn1nnnc1CN1CCc2ccccc2C1)NCCCN1Cc2ccccc2C1. The van der Waals surface area contributed by atoms with Gasteiger partial charge in [-0.15, -0.1) is 5.10 Å². The summed E-state index contributed by atoms with van der Waals surface area (Å²) >= 11 is 0. The van der Waals surface area contributed by atoms with E-state index < -0.39 is 0 Å². The van der Waals surface area contributed by atoms with Crippen LogP contribution in [0.15, 0.2) is 48.5 Å². The molecule has 8 nitrogen and oxygen atoms in total. The summed E-state index contributed by atoms with van der Waals surface area (Å²) in [6, 6.07) is 17.1. The van der Waals surface area contributed by atoms with Crippen molar-refractivity contribution in [1.82, 2.24) is 35.3 Å². The lowest BCUT2D eigenvalue weighted by atomic mass is 10.00. The van der Waals surface area contributed by atoms with Gasteiger partial charge in [0.05, 0.1) is 6.54 Å². The highest BCUT2D eigenvalue weighted by molar-refractivity contribution is 5.75. The predicted octanol–water partition coefficient (Wildman–Crippen LogP) is 1.75. The molecule has 2 aromatic carbocycles. The number of nitrogens with zero attached hydrogens (tertiary/aromatic N) is 6. The average molecular weight is 432 g/mol. The van der Waals surface area contributed by atoms with Gasteiger partial charge < -0.3 is 5.32 Å². The van der Waals surface area contributed by atoms with Gasteiger partial charge in [-0.1, -0.05) is 48.5 Å². The van der Waals surface area contributed by atoms with E-state index in [-0.39, 0.29) is 12.5 Å². The van der Waals surface area contributed by atoms with Crippen LogP contribution in [0.1, 0.15) is 34.5 Å². The van der Waals surface area contributed by atoms with E-state index in [1.165, 1.54) is 22.3 Å². The summed E-state index contributed by atoms with van der Waals surface area (Å²) in [6.45, 7) is 6.28. The first-order valence-corrected chi connectivity index (χ1v) is 11.3. The highest BCUT2D eigenvalue weighted by atomic mass is 16.2. The molecule has 8 heteroatoms. The van der Waals surface area contributed by atoms with Crippen LogP contribution >= 0.6 is 0 Å². The zero-order chi connectivity index (χ0) is 21.8. The van der Waals surface area contributed by atoms with E-state index in [4.69, 9.17) is 0 Å². The minimum absolute atomic E-state index is 0.0488. The molecule has 0 unspecified atom stereocenters. The van der Waals surface area contributed by atoms with Crippen molar-refractivity contribution in [3.8, 4) is 0 Å². The number of carbonyl (C=O) groups excluding carboxylic acids is 1. The quantitative estimate of drug-likeness (QED) is 0.548. The maximum atomic E-state index is 12.4.